The van der Waals surface area contributed by atoms with Crippen LogP contribution >= 0.6 is 0 Å². The number of carbonyl (C=O) groups is 1. The molecule has 5 rings (SSSR count). The maximum absolute atomic E-state index is 14.1. The smallest absolute Gasteiger partial charge is 0.353 e. The molecular formula is C23H19F2N7O3. The molecule has 0 unspecified atom stereocenters. The van der Waals surface area contributed by atoms with Gasteiger partial charge in [-0.05, 0) is 23.8 Å². The van der Waals surface area contributed by atoms with Crippen LogP contribution in [0.15, 0.2) is 59.1 Å². The summed E-state index contributed by atoms with van der Waals surface area (Å²) in [4.78, 5) is 20.5. The van der Waals surface area contributed by atoms with E-state index in [9.17, 15) is 18.7 Å². The van der Waals surface area contributed by atoms with Crippen LogP contribution in [0.1, 0.15) is 33.4 Å². The number of aromatic nitrogens is 4. The molecule has 4 N–H and O–H groups in total. The molecule has 1 atom stereocenters. The normalized spacial score (nSPS) is 14.8. The predicted octanol–water partition coefficient (Wildman–Crippen LogP) is 3.52. The van der Waals surface area contributed by atoms with Crippen molar-refractivity contribution >= 4 is 23.4 Å². The fraction of sp³-hybridized carbons (Fsp3) is 0.174. The number of hydrogen-bond donors (Lipinski definition) is 4. The molecule has 0 spiro atoms. The minimum Gasteiger partial charge on any atom is -0.421 e. The van der Waals surface area contributed by atoms with Gasteiger partial charge in [0.25, 0.3) is 11.8 Å². The Morgan fingerprint density at radius 1 is 1.14 bits per heavy atom. The van der Waals surface area contributed by atoms with Crippen LogP contribution in [-0.4, -0.2) is 37.8 Å². The van der Waals surface area contributed by atoms with Crippen LogP contribution in [0.2, 0.25) is 0 Å². The molecule has 2 aromatic heterocycles. The molecule has 178 valence electrons. The second-order valence-corrected chi connectivity index (χ2v) is 7.79. The average Bonchev–Trinajstić information content (AvgIpc) is 3.37. The van der Waals surface area contributed by atoms with Gasteiger partial charge in [0.05, 0.1) is 29.3 Å². The Kier molecular flexibility index (Phi) is 5.57. The minimum atomic E-state index is -3.47. The van der Waals surface area contributed by atoms with Crippen molar-refractivity contribution in [1.82, 2.24) is 25.5 Å². The molecule has 3 heterocycles. The highest BCUT2D eigenvalue weighted by molar-refractivity contribution is 5.99. The van der Waals surface area contributed by atoms with Gasteiger partial charge in [0, 0.05) is 18.8 Å². The van der Waals surface area contributed by atoms with E-state index in [4.69, 9.17) is 4.42 Å². The van der Waals surface area contributed by atoms with Gasteiger partial charge in [-0.25, -0.2) is 4.98 Å². The van der Waals surface area contributed by atoms with Gasteiger partial charge in [0.2, 0.25) is 11.8 Å². The van der Waals surface area contributed by atoms with E-state index >= 15 is 0 Å². The molecule has 2 aromatic carbocycles. The molecule has 0 saturated carbocycles. The highest BCUT2D eigenvalue weighted by atomic mass is 19.3. The Balaban J connectivity index is 1.50. The fourth-order valence-corrected chi connectivity index (χ4v) is 3.68. The topological polar surface area (TPSA) is 138 Å². The summed E-state index contributed by atoms with van der Waals surface area (Å²) in [5, 5.41) is 25.5. The quantitative estimate of drug-likeness (QED) is 0.293. The van der Waals surface area contributed by atoms with Gasteiger partial charge in [0.1, 0.15) is 5.82 Å². The maximum atomic E-state index is 14.1. The summed E-state index contributed by atoms with van der Waals surface area (Å²) >= 11 is 0. The number of nitrogens with zero attached hydrogens (tertiary/aromatic N) is 4. The van der Waals surface area contributed by atoms with Crippen molar-refractivity contribution in [3.63, 3.8) is 0 Å². The number of nitrogens with one attached hydrogen (secondary N) is 3. The van der Waals surface area contributed by atoms with Gasteiger partial charge >= 0.3 is 6.05 Å². The van der Waals surface area contributed by atoms with E-state index in [-0.39, 0.29) is 35.5 Å². The molecule has 12 heteroatoms. The monoisotopic (exact) mass is 479 g/mol. The third-order valence-corrected chi connectivity index (χ3v) is 5.37. The maximum Gasteiger partial charge on any atom is 0.353 e. The summed E-state index contributed by atoms with van der Waals surface area (Å²) < 4.78 is 33.7. The molecular weight excluding hydrogens is 460 g/mol. The van der Waals surface area contributed by atoms with Gasteiger partial charge in [-0.1, -0.05) is 30.3 Å². The molecule has 0 bridgehead atoms. The lowest BCUT2D eigenvalue weighted by atomic mass is 10.1. The van der Waals surface area contributed by atoms with Crippen LogP contribution in [0.5, 0.6) is 0 Å². The molecule has 35 heavy (non-hydrogen) atoms. The number of hydrogen-bond acceptors (Lipinski definition) is 9. The zero-order valence-corrected chi connectivity index (χ0v) is 18.3. The number of alkyl halides is 2. The summed E-state index contributed by atoms with van der Waals surface area (Å²) in [6, 6.07) is 9.22. The predicted molar refractivity (Wildman–Crippen MR) is 121 cm³/mol. The van der Waals surface area contributed by atoms with Gasteiger partial charge in [0.15, 0.2) is 0 Å². The highest BCUT2D eigenvalue weighted by Gasteiger charge is 2.44. The Labute approximate surface area is 197 Å². The Bertz CT molecular complexity index is 1400. The number of benzene rings is 2. The van der Waals surface area contributed by atoms with E-state index in [1.165, 1.54) is 24.4 Å². The highest BCUT2D eigenvalue weighted by Crippen LogP contribution is 2.36. The summed E-state index contributed by atoms with van der Waals surface area (Å²) in [5.41, 5.74) is 0.927. The number of carbonyl (C=O) groups excluding carboxylic acids is 1. The van der Waals surface area contributed by atoms with Crippen LogP contribution in [0, 0.1) is 6.92 Å². The van der Waals surface area contributed by atoms with Crippen molar-refractivity contribution in [2.75, 3.05) is 17.2 Å². The average molecular weight is 479 g/mol. The van der Waals surface area contributed by atoms with Crippen LogP contribution in [0.3, 0.4) is 0 Å². The van der Waals surface area contributed by atoms with Crippen LogP contribution in [0.4, 0.5) is 26.2 Å². The molecule has 10 nitrogen and oxygen atoms in total. The Morgan fingerprint density at radius 2 is 1.94 bits per heavy atom. The molecule has 0 radical (unpaired) electrons. The second kappa shape index (κ2) is 8.72. The molecule has 0 saturated heterocycles. The van der Waals surface area contributed by atoms with E-state index in [0.717, 1.165) is 5.56 Å². The third-order valence-electron chi connectivity index (χ3n) is 5.37. The standard InChI is InChI=1S/C23H19F2N7O3/c1-12-31-32-21(35-12)16-10-26-22(29-19(16)28-18(11-33)13-5-3-2-4-6-13)27-14-7-8-15-17(9-14)23(24,25)30-20(15)34/h2-10,18,33H,11H2,1H3,(H,30,34)(H2,26,27,28,29)/t18-/m1/s1. The van der Waals surface area contributed by atoms with Crippen molar-refractivity contribution < 1.29 is 23.1 Å². The summed E-state index contributed by atoms with van der Waals surface area (Å²) in [6.45, 7) is 1.41. The zero-order chi connectivity index (χ0) is 24.6. The van der Waals surface area contributed by atoms with Crippen LogP contribution in [0.25, 0.3) is 11.5 Å². The van der Waals surface area contributed by atoms with Gasteiger partial charge in [-0.15, -0.1) is 10.2 Å². The van der Waals surface area contributed by atoms with E-state index < -0.39 is 23.6 Å². The first-order chi connectivity index (χ1) is 16.8. The lowest BCUT2D eigenvalue weighted by molar-refractivity contribution is -0.0241. The van der Waals surface area contributed by atoms with Crippen molar-refractivity contribution in [2.45, 2.75) is 19.0 Å². The van der Waals surface area contributed by atoms with Crippen LogP contribution < -0.4 is 16.0 Å². The summed E-state index contributed by atoms with van der Waals surface area (Å²) in [7, 11) is 0. The number of halogens is 2. The molecule has 1 aliphatic rings. The van der Waals surface area contributed by atoms with Crippen molar-refractivity contribution in [3.8, 4) is 11.5 Å². The van der Waals surface area contributed by atoms with Crippen molar-refractivity contribution in [2.24, 2.45) is 0 Å². The SMILES string of the molecule is Cc1nnc(-c2cnc(Nc3ccc4c(c3)C(F)(F)NC4=O)nc2N[C@H](CO)c2ccccc2)o1. The third kappa shape index (κ3) is 4.38. The lowest BCUT2D eigenvalue weighted by Gasteiger charge is -2.19. The Morgan fingerprint density at radius 3 is 2.66 bits per heavy atom. The van der Waals surface area contributed by atoms with Gasteiger partial charge in [-0.2, -0.15) is 13.8 Å². The second-order valence-electron chi connectivity index (χ2n) is 7.79. The van der Waals surface area contributed by atoms with E-state index in [2.05, 4.69) is 30.8 Å². The van der Waals surface area contributed by atoms with Crippen molar-refractivity contribution in [1.29, 1.82) is 0 Å². The summed E-state index contributed by atoms with van der Waals surface area (Å²) in [6.07, 6.45) is 1.44. The lowest BCUT2D eigenvalue weighted by Crippen LogP contribution is -2.29. The van der Waals surface area contributed by atoms with Gasteiger partial charge < -0.3 is 20.2 Å². The Hall–Kier alpha value is -4.45. The number of rotatable bonds is 7. The zero-order valence-electron chi connectivity index (χ0n) is 18.3. The molecule has 0 fully saturated rings. The number of aliphatic hydroxyl groups is 1. The largest absolute Gasteiger partial charge is 0.421 e. The molecule has 1 aliphatic heterocycles. The molecule has 4 aromatic rings. The number of anilines is 3. The van der Waals surface area contributed by atoms with Gasteiger partial charge in [-0.3, -0.25) is 10.1 Å². The first-order valence-corrected chi connectivity index (χ1v) is 10.6. The van der Waals surface area contributed by atoms with E-state index in [1.54, 1.807) is 12.2 Å². The van der Waals surface area contributed by atoms with Crippen LogP contribution in [-0.2, 0) is 6.05 Å². The first-order valence-electron chi connectivity index (χ1n) is 10.6. The number of aryl methyl sites for hydroxylation is 1. The fourth-order valence-electron chi connectivity index (χ4n) is 3.68. The van der Waals surface area contributed by atoms with E-state index in [1.807, 2.05) is 30.3 Å². The number of amides is 1. The van der Waals surface area contributed by atoms with Crippen molar-refractivity contribution in [3.05, 3.63) is 77.3 Å². The van der Waals surface area contributed by atoms with E-state index in [0.29, 0.717) is 11.5 Å². The number of aliphatic hydroxyl groups excluding tert-OH is 1. The minimum absolute atomic E-state index is 0.0813. The number of fused-ring (bicyclic) bond motifs is 1. The molecule has 1 amide bonds. The molecule has 0 aliphatic carbocycles. The first kappa shape index (κ1) is 22.3. The summed E-state index contributed by atoms with van der Waals surface area (Å²) in [5.74, 6) is 0.0322.